The van der Waals surface area contributed by atoms with Gasteiger partial charge in [0, 0.05) is 12.5 Å². The predicted molar refractivity (Wildman–Crippen MR) is 55.5 cm³/mol. The Kier molecular flexibility index (Phi) is 3.97. The average molecular weight is 212 g/mol. The van der Waals surface area contributed by atoms with E-state index in [9.17, 15) is 13.9 Å². The molecule has 1 unspecified atom stereocenters. The molecule has 0 fully saturated rings. The largest absolute Gasteiger partial charge is 0.392 e. The minimum atomic E-state index is -0.664. The van der Waals surface area contributed by atoms with Crippen molar-refractivity contribution in [1.29, 1.82) is 0 Å². The average Bonchev–Trinajstić information content (AvgIpc) is 2.08. The summed E-state index contributed by atoms with van der Waals surface area (Å²) >= 11 is 0. The third-order valence-corrected chi connectivity index (χ3v) is 2.05. The van der Waals surface area contributed by atoms with Gasteiger partial charge in [0.05, 0.1) is 6.10 Å². The van der Waals surface area contributed by atoms with Gasteiger partial charge in [-0.3, -0.25) is 0 Å². The van der Waals surface area contributed by atoms with Gasteiger partial charge in [0.15, 0.2) is 0 Å². The van der Waals surface area contributed by atoms with Crippen molar-refractivity contribution in [3.63, 3.8) is 0 Å². The van der Waals surface area contributed by atoms with E-state index in [-0.39, 0.29) is 6.42 Å². The SMILES string of the molecule is C=C(C)CC(O)Cc1ccc(F)cc1F. The molecule has 0 bridgehead atoms. The van der Waals surface area contributed by atoms with Gasteiger partial charge in [0.1, 0.15) is 11.6 Å². The Morgan fingerprint density at radius 1 is 1.47 bits per heavy atom. The van der Waals surface area contributed by atoms with Crippen molar-refractivity contribution in [2.45, 2.75) is 25.9 Å². The third kappa shape index (κ3) is 3.80. The maximum atomic E-state index is 13.2. The van der Waals surface area contributed by atoms with E-state index in [1.165, 1.54) is 12.1 Å². The highest BCUT2D eigenvalue weighted by atomic mass is 19.1. The Hall–Kier alpha value is -1.22. The molecule has 1 aromatic carbocycles. The summed E-state index contributed by atoms with van der Waals surface area (Å²) in [6.07, 6.45) is -0.0575. The molecule has 1 atom stereocenters. The number of aliphatic hydroxyl groups excluding tert-OH is 1. The first kappa shape index (κ1) is 11.9. The molecule has 0 saturated heterocycles. The van der Waals surface area contributed by atoms with E-state index in [1.54, 1.807) is 6.92 Å². The molecule has 1 N–H and O–H groups in total. The summed E-state index contributed by atoms with van der Waals surface area (Å²) in [7, 11) is 0. The van der Waals surface area contributed by atoms with Crippen LogP contribution in [-0.2, 0) is 6.42 Å². The second kappa shape index (κ2) is 5.03. The molecule has 0 aliphatic carbocycles. The number of halogens is 2. The van der Waals surface area contributed by atoms with Crippen LogP contribution in [0.25, 0.3) is 0 Å². The van der Waals surface area contributed by atoms with Gasteiger partial charge in [0.2, 0.25) is 0 Å². The van der Waals surface area contributed by atoms with Gasteiger partial charge in [-0.25, -0.2) is 8.78 Å². The molecule has 0 spiro atoms. The Morgan fingerprint density at radius 2 is 2.13 bits per heavy atom. The summed E-state index contributed by atoms with van der Waals surface area (Å²) in [5.74, 6) is -1.22. The first-order valence-electron chi connectivity index (χ1n) is 4.75. The maximum Gasteiger partial charge on any atom is 0.129 e. The van der Waals surface area contributed by atoms with Crippen molar-refractivity contribution in [2.24, 2.45) is 0 Å². The van der Waals surface area contributed by atoms with E-state index in [4.69, 9.17) is 0 Å². The summed E-state index contributed by atoms with van der Waals surface area (Å²) in [5.41, 5.74) is 1.16. The smallest absolute Gasteiger partial charge is 0.129 e. The highest BCUT2D eigenvalue weighted by Crippen LogP contribution is 2.14. The number of benzene rings is 1. The number of hydrogen-bond donors (Lipinski definition) is 1. The number of rotatable bonds is 4. The molecule has 0 aliphatic rings. The first-order chi connectivity index (χ1) is 6.99. The summed E-state index contributed by atoms with van der Waals surface area (Å²) < 4.78 is 25.8. The van der Waals surface area contributed by atoms with Gasteiger partial charge in [0.25, 0.3) is 0 Å². The van der Waals surface area contributed by atoms with Gasteiger partial charge in [-0.1, -0.05) is 11.6 Å². The molecule has 82 valence electrons. The minimum Gasteiger partial charge on any atom is -0.392 e. The van der Waals surface area contributed by atoms with Crippen LogP contribution in [0.3, 0.4) is 0 Å². The molecular weight excluding hydrogens is 198 g/mol. The fourth-order valence-electron chi connectivity index (χ4n) is 1.42. The molecule has 0 aromatic heterocycles. The van der Waals surface area contributed by atoms with Crippen molar-refractivity contribution in [1.82, 2.24) is 0 Å². The van der Waals surface area contributed by atoms with Gasteiger partial charge in [-0.15, -0.1) is 6.58 Å². The van der Waals surface area contributed by atoms with Gasteiger partial charge < -0.3 is 5.11 Å². The van der Waals surface area contributed by atoms with E-state index in [0.29, 0.717) is 12.0 Å². The van der Waals surface area contributed by atoms with Crippen LogP contribution in [-0.4, -0.2) is 11.2 Å². The molecule has 1 nitrogen and oxygen atoms in total. The summed E-state index contributed by atoms with van der Waals surface area (Å²) in [6, 6.07) is 3.36. The Morgan fingerprint density at radius 3 is 2.67 bits per heavy atom. The lowest BCUT2D eigenvalue weighted by Crippen LogP contribution is -2.11. The standard InChI is InChI=1S/C12H14F2O/c1-8(2)5-11(15)6-9-3-4-10(13)7-12(9)14/h3-4,7,11,15H,1,5-6H2,2H3. The van der Waals surface area contributed by atoms with Crippen LogP contribution in [0.1, 0.15) is 18.9 Å². The summed E-state index contributed by atoms with van der Waals surface area (Å²) in [4.78, 5) is 0. The lowest BCUT2D eigenvalue weighted by Gasteiger charge is -2.10. The molecule has 3 heteroatoms. The van der Waals surface area contributed by atoms with Gasteiger partial charge in [-0.2, -0.15) is 0 Å². The molecule has 0 radical (unpaired) electrons. The van der Waals surface area contributed by atoms with Crippen LogP contribution in [0, 0.1) is 11.6 Å². The van der Waals surface area contributed by atoms with Crippen LogP contribution in [0.4, 0.5) is 8.78 Å². The van der Waals surface area contributed by atoms with Crippen LogP contribution in [0.2, 0.25) is 0 Å². The number of hydrogen-bond acceptors (Lipinski definition) is 1. The molecule has 1 aromatic rings. The van der Waals surface area contributed by atoms with Crippen molar-refractivity contribution < 1.29 is 13.9 Å². The van der Waals surface area contributed by atoms with E-state index in [2.05, 4.69) is 6.58 Å². The summed E-state index contributed by atoms with van der Waals surface area (Å²) in [6.45, 7) is 5.46. The van der Waals surface area contributed by atoms with E-state index >= 15 is 0 Å². The molecule has 0 amide bonds. The second-order valence-electron chi connectivity index (χ2n) is 3.75. The molecule has 0 aliphatic heterocycles. The Bertz CT molecular complexity index is 361. The van der Waals surface area contributed by atoms with Crippen molar-refractivity contribution in [3.8, 4) is 0 Å². The maximum absolute atomic E-state index is 13.2. The molecule has 1 rings (SSSR count). The van der Waals surface area contributed by atoms with E-state index in [0.717, 1.165) is 11.6 Å². The molecule has 0 heterocycles. The van der Waals surface area contributed by atoms with Gasteiger partial charge in [-0.05, 0) is 25.0 Å². The van der Waals surface area contributed by atoms with Crippen LogP contribution in [0.15, 0.2) is 30.4 Å². The van der Waals surface area contributed by atoms with E-state index in [1.807, 2.05) is 0 Å². The highest BCUT2D eigenvalue weighted by molar-refractivity contribution is 5.19. The molecule has 0 saturated carbocycles. The topological polar surface area (TPSA) is 20.2 Å². The lowest BCUT2D eigenvalue weighted by molar-refractivity contribution is 0.174. The monoisotopic (exact) mass is 212 g/mol. The normalized spacial score (nSPS) is 12.5. The first-order valence-corrected chi connectivity index (χ1v) is 4.75. The number of aliphatic hydroxyl groups is 1. The van der Waals surface area contributed by atoms with Crippen molar-refractivity contribution >= 4 is 0 Å². The zero-order valence-electron chi connectivity index (χ0n) is 8.63. The molecular formula is C12H14F2O. The lowest BCUT2D eigenvalue weighted by atomic mass is 10.0. The van der Waals surface area contributed by atoms with Gasteiger partial charge >= 0.3 is 0 Å². The Labute approximate surface area is 88.1 Å². The van der Waals surface area contributed by atoms with Crippen molar-refractivity contribution in [3.05, 3.63) is 47.5 Å². The molecule has 15 heavy (non-hydrogen) atoms. The van der Waals surface area contributed by atoms with Crippen LogP contribution in [0.5, 0.6) is 0 Å². The zero-order valence-corrected chi connectivity index (χ0v) is 8.63. The predicted octanol–water partition coefficient (Wildman–Crippen LogP) is 2.83. The van der Waals surface area contributed by atoms with E-state index < -0.39 is 17.7 Å². The fraction of sp³-hybridized carbons (Fsp3) is 0.333. The minimum absolute atomic E-state index is 0.180. The zero-order chi connectivity index (χ0) is 11.4. The Balaban J connectivity index is 2.68. The quantitative estimate of drug-likeness (QED) is 0.761. The summed E-state index contributed by atoms with van der Waals surface area (Å²) in [5, 5.41) is 9.55. The third-order valence-electron chi connectivity index (χ3n) is 2.05. The van der Waals surface area contributed by atoms with Crippen LogP contribution < -0.4 is 0 Å². The van der Waals surface area contributed by atoms with Crippen LogP contribution >= 0.6 is 0 Å². The fourth-order valence-corrected chi connectivity index (χ4v) is 1.42. The second-order valence-corrected chi connectivity index (χ2v) is 3.75. The highest BCUT2D eigenvalue weighted by Gasteiger charge is 2.10. The van der Waals surface area contributed by atoms with Crippen molar-refractivity contribution in [2.75, 3.05) is 0 Å².